The van der Waals surface area contributed by atoms with Gasteiger partial charge in [0.05, 0.1) is 5.69 Å². The topological polar surface area (TPSA) is 60.9 Å². The molecule has 0 aliphatic carbocycles. The lowest BCUT2D eigenvalue weighted by Gasteiger charge is -2.03. The Labute approximate surface area is 107 Å². The summed E-state index contributed by atoms with van der Waals surface area (Å²) in [6.45, 7) is 0. The highest BCUT2D eigenvalue weighted by Gasteiger charge is 2.06. The quantitative estimate of drug-likeness (QED) is 0.727. The van der Waals surface area contributed by atoms with Gasteiger partial charge in [0.25, 0.3) is 5.56 Å². The first-order valence-corrected chi connectivity index (χ1v) is 6.34. The first-order chi connectivity index (χ1) is 8.65. The van der Waals surface area contributed by atoms with Gasteiger partial charge in [-0.1, -0.05) is 12.1 Å². The Morgan fingerprint density at radius 3 is 2.89 bits per heavy atom. The lowest BCUT2D eigenvalue weighted by molar-refractivity contribution is 0.873. The number of hydrogen-bond donors (Lipinski definition) is 1. The SMILES string of the molecule is Cn1ccc2ccc(-c3csc(N)n3)cc2c1=O. The van der Waals surface area contributed by atoms with Crippen molar-refractivity contribution in [1.29, 1.82) is 0 Å². The van der Waals surface area contributed by atoms with E-state index in [2.05, 4.69) is 4.98 Å². The fourth-order valence-electron chi connectivity index (χ4n) is 1.92. The summed E-state index contributed by atoms with van der Waals surface area (Å²) in [5, 5.41) is 4.06. The summed E-state index contributed by atoms with van der Waals surface area (Å²) >= 11 is 1.40. The van der Waals surface area contributed by atoms with Crippen molar-refractivity contribution in [1.82, 2.24) is 9.55 Å². The zero-order valence-corrected chi connectivity index (χ0v) is 10.6. The van der Waals surface area contributed by atoms with E-state index in [1.807, 2.05) is 29.6 Å². The van der Waals surface area contributed by atoms with Gasteiger partial charge in [-0.05, 0) is 17.5 Å². The molecular weight excluding hydrogens is 246 g/mol. The molecule has 0 spiro atoms. The molecule has 0 aliphatic heterocycles. The molecule has 0 aliphatic rings. The molecule has 0 saturated heterocycles. The maximum absolute atomic E-state index is 12.0. The second kappa shape index (κ2) is 3.96. The van der Waals surface area contributed by atoms with Crippen LogP contribution < -0.4 is 11.3 Å². The summed E-state index contributed by atoms with van der Waals surface area (Å²) in [7, 11) is 1.75. The van der Waals surface area contributed by atoms with Crippen molar-refractivity contribution < 1.29 is 0 Å². The monoisotopic (exact) mass is 257 g/mol. The van der Waals surface area contributed by atoms with Gasteiger partial charge in [0.2, 0.25) is 0 Å². The number of pyridine rings is 1. The molecule has 0 amide bonds. The highest BCUT2D eigenvalue weighted by atomic mass is 32.1. The molecule has 2 N–H and O–H groups in total. The van der Waals surface area contributed by atoms with Crippen molar-refractivity contribution in [2.75, 3.05) is 5.73 Å². The molecule has 1 aromatic carbocycles. The van der Waals surface area contributed by atoms with E-state index < -0.39 is 0 Å². The molecule has 18 heavy (non-hydrogen) atoms. The molecule has 4 nitrogen and oxygen atoms in total. The van der Waals surface area contributed by atoms with Crippen LogP contribution in [-0.2, 0) is 7.05 Å². The third kappa shape index (κ3) is 1.69. The molecule has 0 radical (unpaired) electrons. The fourth-order valence-corrected chi connectivity index (χ4v) is 2.49. The highest BCUT2D eigenvalue weighted by Crippen LogP contribution is 2.25. The van der Waals surface area contributed by atoms with Crippen molar-refractivity contribution in [3.8, 4) is 11.3 Å². The van der Waals surface area contributed by atoms with Crippen LogP contribution in [0.2, 0.25) is 0 Å². The summed E-state index contributed by atoms with van der Waals surface area (Å²) in [6.07, 6.45) is 1.77. The lowest BCUT2D eigenvalue weighted by Crippen LogP contribution is -2.15. The minimum atomic E-state index is -0.00227. The summed E-state index contributed by atoms with van der Waals surface area (Å²) < 4.78 is 1.57. The molecule has 0 saturated carbocycles. The van der Waals surface area contributed by atoms with Gasteiger partial charge >= 0.3 is 0 Å². The smallest absolute Gasteiger partial charge is 0.258 e. The summed E-state index contributed by atoms with van der Waals surface area (Å²) in [5.74, 6) is 0. The number of thiazole rings is 1. The van der Waals surface area contributed by atoms with E-state index in [0.717, 1.165) is 16.6 Å². The molecule has 0 atom stereocenters. The summed E-state index contributed by atoms with van der Waals surface area (Å²) in [6, 6.07) is 7.68. The normalized spacial score (nSPS) is 10.9. The largest absolute Gasteiger partial charge is 0.375 e. The molecule has 5 heteroatoms. The van der Waals surface area contributed by atoms with E-state index in [0.29, 0.717) is 10.5 Å². The van der Waals surface area contributed by atoms with Gasteiger partial charge in [-0.15, -0.1) is 11.3 Å². The number of rotatable bonds is 1. The van der Waals surface area contributed by atoms with Gasteiger partial charge in [0.15, 0.2) is 5.13 Å². The van der Waals surface area contributed by atoms with Crippen molar-refractivity contribution >= 4 is 27.2 Å². The minimum absolute atomic E-state index is 0.00227. The first-order valence-electron chi connectivity index (χ1n) is 5.46. The van der Waals surface area contributed by atoms with Crippen LogP contribution in [0.4, 0.5) is 5.13 Å². The Hall–Kier alpha value is -2.14. The van der Waals surface area contributed by atoms with Crippen LogP contribution in [0.15, 0.2) is 40.6 Å². The average molecular weight is 257 g/mol. The highest BCUT2D eigenvalue weighted by molar-refractivity contribution is 7.13. The number of aromatic nitrogens is 2. The van der Waals surface area contributed by atoms with E-state index in [9.17, 15) is 4.79 Å². The second-order valence-electron chi connectivity index (χ2n) is 4.10. The lowest BCUT2D eigenvalue weighted by atomic mass is 10.1. The van der Waals surface area contributed by atoms with Crippen LogP contribution in [0.25, 0.3) is 22.0 Å². The molecule has 2 heterocycles. The predicted octanol–water partition coefficient (Wildman–Crippen LogP) is 2.24. The number of fused-ring (bicyclic) bond motifs is 1. The molecule has 3 aromatic rings. The number of nitrogens with two attached hydrogens (primary N) is 1. The van der Waals surface area contributed by atoms with Gasteiger partial charge < -0.3 is 10.3 Å². The third-order valence-corrected chi connectivity index (χ3v) is 3.57. The fraction of sp³-hybridized carbons (Fsp3) is 0.0769. The molecule has 2 aromatic heterocycles. The molecule has 3 rings (SSSR count). The van der Waals surface area contributed by atoms with Gasteiger partial charge in [-0.25, -0.2) is 4.98 Å². The van der Waals surface area contributed by atoms with Crippen molar-refractivity contribution in [3.63, 3.8) is 0 Å². The van der Waals surface area contributed by atoms with Crippen molar-refractivity contribution in [2.24, 2.45) is 7.05 Å². The standard InChI is InChI=1S/C13H11N3OS/c1-16-5-4-8-2-3-9(6-10(8)12(16)17)11-7-18-13(14)15-11/h2-7H,1H3,(H2,14,15). The first kappa shape index (κ1) is 11.0. The molecule has 0 fully saturated rings. The van der Waals surface area contributed by atoms with Gasteiger partial charge in [-0.2, -0.15) is 0 Å². The van der Waals surface area contributed by atoms with Crippen LogP contribution in [0.5, 0.6) is 0 Å². The maximum Gasteiger partial charge on any atom is 0.258 e. The molecule has 90 valence electrons. The average Bonchev–Trinajstić information content (AvgIpc) is 2.80. The molecular formula is C13H11N3OS. The number of benzene rings is 1. The predicted molar refractivity (Wildman–Crippen MR) is 74.7 cm³/mol. The molecule has 0 bridgehead atoms. The van der Waals surface area contributed by atoms with E-state index in [1.165, 1.54) is 11.3 Å². The van der Waals surface area contributed by atoms with Crippen LogP contribution in [0.3, 0.4) is 0 Å². The minimum Gasteiger partial charge on any atom is -0.375 e. The number of hydrogen-bond acceptors (Lipinski definition) is 4. The van der Waals surface area contributed by atoms with E-state index in [1.54, 1.807) is 17.8 Å². The Kier molecular flexibility index (Phi) is 2.41. The van der Waals surface area contributed by atoms with Crippen LogP contribution in [-0.4, -0.2) is 9.55 Å². The van der Waals surface area contributed by atoms with E-state index >= 15 is 0 Å². The summed E-state index contributed by atoms with van der Waals surface area (Å²) in [5.41, 5.74) is 7.35. The Morgan fingerprint density at radius 1 is 1.33 bits per heavy atom. The van der Waals surface area contributed by atoms with Crippen LogP contribution in [0, 0.1) is 0 Å². The zero-order valence-electron chi connectivity index (χ0n) is 9.75. The zero-order chi connectivity index (χ0) is 12.7. The Balaban J connectivity index is 2.28. The Morgan fingerprint density at radius 2 is 2.17 bits per heavy atom. The Bertz CT molecular complexity index is 788. The number of nitrogen functional groups attached to an aromatic ring is 1. The second-order valence-corrected chi connectivity index (χ2v) is 4.99. The molecule has 0 unspecified atom stereocenters. The van der Waals surface area contributed by atoms with E-state index in [4.69, 9.17) is 5.73 Å². The van der Waals surface area contributed by atoms with Crippen LogP contribution >= 0.6 is 11.3 Å². The van der Waals surface area contributed by atoms with Crippen LogP contribution in [0.1, 0.15) is 0 Å². The maximum atomic E-state index is 12.0. The van der Waals surface area contributed by atoms with Gasteiger partial charge in [0, 0.05) is 29.6 Å². The van der Waals surface area contributed by atoms with E-state index in [-0.39, 0.29) is 5.56 Å². The number of nitrogens with zero attached hydrogens (tertiary/aromatic N) is 2. The van der Waals surface area contributed by atoms with Crippen molar-refractivity contribution in [2.45, 2.75) is 0 Å². The van der Waals surface area contributed by atoms with Gasteiger partial charge in [0.1, 0.15) is 0 Å². The summed E-state index contributed by atoms with van der Waals surface area (Å²) in [4.78, 5) is 16.3. The van der Waals surface area contributed by atoms with Crippen molar-refractivity contribution in [3.05, 3.63) is 46.2 Å². The number of aryl methyl sites for hydroxylation is 1. The third-order valence-electron chi connectivity index (χ3n) is 2.90. The van der Waals surface area contributed by atoms with Gasteiger partial charge in [-0.3, -0.25) is 4.79 Å². The number of anilines is 1.